The lowest BCUT2D eigenvalue weighted by Crippen LogP contribution is -2.15. The minimum absolute atomic E-state index is 0.946. The zero-order valence-corrected chi connectivity index (χ0v) is 96.3. The number of rotatable bonds is 45. The third-order valence-corrected chi connectivity index (χ3v) is 34.3. The first-order valence-electron chi connectivity index (χ1n) is 62.3. The maximum absolute atomic E-state index is 3.34. The van der Waals surface area contributed by atoms with Crippen LogP contribution >= 0.6 is 0 Å². The highest BCUT2D eigenvalue weighted by Gasteiger charge is 2.26. The summed E-state index contributed by atoms with van der Waals surface area (Å²) in [7, 11) is 0. The lowest BCUT2D eigenvalue weighted by Gasteiger charge is -2.28. The predicted octanol–water partition coefficient (Wildman–Crippen LogP) is 41.9. The van der Waals surface area contributed by atoms with Crippen molar-refractivity contribution in [2.24, 2.45) is 59.2 Å². The Bertz CT molecular complexity index is 5520. The monoisotopic (exact) mass is 2000 g/mol. The number of hydrogen-bond donors (Lipinski definition) is 0. The molecule has 5 aliphatic rings. The lowest BCUT2D eigenvalue weighted by molar-refractivity contribution is 0.249. The third-order valence-electron chi connectivity index (χ3n) is 34.3. The average Bonchev–Trinajstić information content (AvgIpc) is 0.886. The summed E-state index contributed by atoms with van der Waals surface area (Å²) in [5, 5.41) is 0. The van der Waals surface area contributed by atoms with Gasteiger partial charge >= 0.3 is 0 Å². The highest BCUT2D eigenvalue weighted by molar-refractivity contribution is 5.50. The van der Waals surface area contributed by atoms with E-state index in [2.05, 4.69) is 371 Å². The Morgan fingerprint density at radius 1 is 0.140 bits per heavy atom. The third kappa shape index (κ3) is 49.4. The molecule has 0 aliphatic heterocycles. The van der Waals surface area contributed by atoms with Crippen LogP contribution in [-0.2, 0) is 57.8 Å². The fraction of sp³-hybridized carbons (Fsp3) is 0.533. The van der Waals surface area contributed by atoms with E-state index < -0.39 is 0 Å². The molecule has 0 heterocycles. The van der Waals surface area contributed by atoms with Gasteiger partial charge in [-0.15, -0.1) is 0 Å². The van der Waals surface area contributed by atoms with Crippen LogP contribution in [0.5, 0.6) is 0 Å². The first-order chi connectivity index (χ1) is 73.8. The normalized spacial score (nSPS) is 18.6. The van der Waals surface area contributed by atoms with E-state index in [1.807, 2.05) is 0 Å². The van der Waals surface area contributed by atoms with Gasteiger partial charge in [0, 0.05) is 55.6 Å². The first kappa shape index (κ1) is 120. The molecule has 0 radical (unpaired) electrons. The number of unbranched alkanes of at least 4 members (excludes halogenated alkanes) is 13. The largest absolute Gasteiger partial charge is 0.0654 e. The van der Waals surface area contributed by atoms with Gasteiger partial charge in [-0.25, -0.2) is 0 Å². The Kier molecular flexibility index (Phi) is 58.8. The summed E-state index contributed by atoms with van der Waals surface area (Å²) in [6.07, 6.45) is 82.9. The van der Waals surface area contributed by atoms with Crippen molar-refractivity contribution in [3.63, 3.8) is 0 Å². The summed E-state index contributed by atoms with van der Waals surface area (Å²) in [5.41, 5.74) is 25.3. The maximum Gasteiger partial charge on any atom is 0.0249 e. The zero-order chi connectivity index (χ0) is 105. The molecule has 800 valence electrons. The van der Waals surface area contributed by atoms with Crippen LogP contribution < -0.4 is 0 Å². The fourth-order valence-electron chi connectivity index (χ4n) is 23.8. The van der Waals surface area contributed by atoms with Crippen LogP contribution in [0.25, 0.3) is 0 Å². The molecule has 0 nitrogen and oxygen atoms in total. The molecule has 0 bridgehead atoms. The SMILES string of the molecule is CCCCCC1CCC(CCc2ccc(C#Cc3ccc(C)cc3)cc2)CC1.CCCCCC1CCC(CCc2ccc(C#Cc3ccc(CC)cc3)cc2)CC1.CCCCCC1CCC(CCc2ccc(C#Cc3ccc(CCC)cc3)cc2)CC1.CCCCCC1CCC(CCc2ccc(C#Cc3ccc(CCCC)cc3)cc2)CC1.CCCCCc1ccc(C#Cc2ccc(CCC3CCC(CCCCC)CC3)cc2)cc1. The summed E-state index contributed by atoms with van der Waals surface area (Å²) in [5.74, 6) is 42.9. The van der Waals surface area contributed by atoms with Crippen LogP contribution in [0.4, 0.5) is 0 Å². The molecule has 10 aromatic rings. The fourth-order valence-corrected chi connectivity index (χ4v) is 23.8. The van der Waals surface area contributed by atoms with E-state index in [0.717, 1.165) is 128 Å². The summed E-state index contributed by atoms with van der Waals surface area (Å²) in [6, 6.07) is 88.0. The van der Waals surface area contributed by atoms with Gasteiger partial charge in [0.05, 0.1) is 0 Å². The van der Waals surface area contributed by atoms with Crippen LogP contribution in [0.1, 0.15) is 501 Å². The standard InChI is InChI=1S/C32H44.C31H42.C30H40.C29H38.C28H36/c1-3-5-7-9-27-11-15-29(16-12-27)19-21-31-23-25-32(26-24-31)22-20-30-17-13-28(14-18-30)10-8-6-4-2;1-3-5-7-9-27-12-16-29(17-13-27)19-21-31-24-22-30(23-25-31)20-18-28-14-10-26(11-15-28)8-6-4-2;1-3-5-6-8-26-11-15-28(16-12-26)18-20-30-23-21-29(22-24-30)19-17-27-13-9-25(7-4-2)10-14-27;1-3-5-6-7-25-12-14-27(15-13-25)18-19-29-22-20-28(21-23-29)17-16-26-10-8-24(4-2)9-11-26;1-3-4-5-6-24-11-13-26(14-12-24)17-18-28-21-19-27(20-22-28)16-15-25-9-7-23(2)8-10-25/h11-12,15-16,23-26,28,30H,3-10,13-14,17-18,20,22H2,1-2H3;10-11,14-15,22-25,27,29H,3-9,12-13,16-17,19,21H2,1-2H3;9-10,13-14,21-24,26,28H,3-8,11-12,15-16,18,20H2,1-2H3;8-11,20-23,25,27H,3-7,12-15,18-19H2,1-2H3;7-10,19-22,24,26H,3-6,11-14,17-18H2,1-2H3. The molecular weight excluding hydrogens is 1800 g/mol. The van der Waals surface area contributed by atoms with Gasteiger partial charge in [0.15, 0.2) is 0 Å². The second kappa shape index (κ2) is 73.3. The van der Waals surface area contributed by atoms with Crippen molar-refractivity contribution >= 4 is 0 Å². The van der Waals surface area contributed by atoms with E-state index in [9.17, 15) is 0 Å². The Morgan fingerprint density at radius 2 is 0.287 bits per heavy atom. The van der Waals surface area contributed by atoms with Gasteiger partial charge < -0.3 is 0 Å². The highest BCUT2D eigenvalue weighted by atomic mass is 14.3. The zero-order valence-electron chi connectivity index (χ0n) is 96.3. The van der Waals surface area contributed by atoms with Crippen molar-refractivity contribution in [1.82, 2.24) is 0 Å². The van der Waals surface area contributed by atoms with Crippen molar-refractivity contribution in [1.29, 1.82) is 0 Å². The first-order valence-corrected chi connectivity index (χ1v) is 62.3. The van der Waals surface area contributed by atoms with E-state index in [0.29, 0.717) is 0 Å². The van der Waals surface area contributed by atoms with Gasteiger partial charge in [-0.2, -0.15) is 0 Å². The Labute approximate surface area is 920 Å². The summed E-state index contributed by atoms with van der Waals surface area (Å²) < 4.78 is 0. The van der Waals surface area contributed by atoms with Crippen LogP contribution in [-0.4, -0.2) is 0 Å². The van der Waals surface area contributed by atoms with E-state index in [4.69, 9.17) is 0 Å². The molecule has 5 fully saturated rings. The van der Waals surface area contributed by atoms with Gasteiger partial charge in [-0.1, -0.05) is 531 Å². The molecule has 0 aromatic heterocycles. The molecule has 0 N–H and O–H groups in total. The molecule has 10 aromatic carbocycles. The highest BCUT2D eigenvalue weighted by Crippen LogP contribution is 2.40. The Hall–Kier alpha value is -10.0. The van der Waals surface area contributed by atoms with Crippen LogP contribution in [0, 0.1) is 125 Å². The maximum atomic E-state index is 3.34. The second-order valence-corrected chi connectivity index (χ2v) is 46.7. The summed E-state index contributed by atoms with van der Waals surface area (Å²) >= 11 is 0. The Morgan fingerprint density at radius 3 is 0.460 bits per heavy atom. The van der Waals surface area contributed by atoms with Crippen LogP contribution in [0.2, 0.25) is 0 Å². The molecule has 5 aliphatic carbocycles. The minimum atomic E-state index is 0.946. The average molecular weight is 2000 g/mol. The summed E-state index contributed by atoms with van der Waals surface area (Å²) in [4.78, 5) is 0. The molecule has 0 amide bonds. The number of aryl methyl sites for hydroxylation is 10. The molecular formula is C150H200. The molecule has 150 heavy (non-hydrogen) atoms. The molecule has 0 heteroatoms. The predicted molar refractivity (Wildman–Crippen MR) is 654 cm³/mol. The molecule has 5 saturated carbocycles. The van der Waals surface area contributed by atoms with E-state index in [1.165, 1.54) is 428 Å². The van der Waals surface area contributed by atoms with Crippen LogP contribution in [0.3, 0.4) is 0 Å². The molecule has 0 saturated heterocycles. The van der Waals surface area contributed by atoms with E-state index in [1.54, 1.807) is 0 Å². The second-order valence-electron chi connectivity index (χ2n) is 46.7. The van der Waals surface area contributed by atoms with Gasteiger partial charge in [-0.3, -0.25) is 0 Å². The molecule has 15 rings (SSSR count). The van der Waals surface area contributed by atoms with Crippen molar-refractivity contribution in [2.45, 2.75) is 454 Å². The van der Waals surface area contributed by atoms with E-state index in [-0.39, 0.29) is 0 Å². The molecule has 0 unspecified atom stereocenters. The smallest absolute Gasteiger partial charge is 0.0249 e. The van der Waals surface area contributed by atoms with Gasteiger partial charge in [0.1, 0.15) is 0 Å². The minimum Gasteiger partial charge on any atom is -0.0654 e. The van der Waals surface area contributed by atoms with Crippen LogP contribution in [0.15, 0.2) is 243 Å². The number of benzene rings is 10. The lowest BCUT2D eigenvalue weighted by atomic mass is 9.78. The molecule has 0 spiro atoms. The number of hydrogen-bond acceptors (Lipinski definition) is 0. The topological polar surface area (TPSA) is 0 Å². The van der Waals surface area contributed by atoms with Crippen molar-refractivity contribution in [3.05, 3.63) is 354 Å². The van der Waals surface area contributed by atoms with E-state index >= 15 is 0 Å². The van der Waals surface area contributed by atoms with Gasteiger partial charge in [0.25, 0.3) is 0 Å². The Balaban J connectivity index is 0.000000178. The van der Waals surface area contributed by atoms with Crippen molar-refractivity contribution < 1.29 is 0 Å². The van der Waals surface area contributed by atoms with Gasteiger partial charge in [-0.05, 0) is 340 Å². The quantitative estimate of drug-likeness (QED) is 0.0264. The van der Waals surface area contributed by atoms with Crippen molar-refractivity contribution in [3.8, 4) is 59.2 Å². The summed E-state index contributed by atoms with van der Waals surface area (Å²) in [6.45, 7) is 22.5. The molecule has 0 atom stereocenters. The van der Waals surface area contributed by atoms with Crippen molar-refractivity contribution in [2.75, 3.05) is 0 Å². The van der Waals surface area contributed by atoms with Gasteiger partial charge in [0.2, 0.25) is 0 Å².